The summed E-state index contributed by atoms with van der Waals surface area (Å²) < 4.78 is 27.4. The molecule has 1 aromatic carbocycles. The van der Waals surface area contributed by atoms with Gasteiger partial charge >= 0.3 is 0 Å². The molecule has 0 fully saturated rings. The maximum Gasteiger partial charge on any atom is 0.250 e. The van der Waals surface area contributed by atoms with Gasteiger partial charge in [0.25, 0.3) is 0 Å². The van der Waals surface area contributed by atoms with Gasteiger partial charge in [0.1, 0.15) is 4.21 Å². The van der Waals surface area contributed by atoms with E-state index < -0.39 is 10.0 Å². The number of aliphatic imine (C=N–C) groups is 1. The highest BCUT2D eigenvalue weighted by Crippen LogP contribution is 2.25. The second-order valence-corrected chi connectivity index (χ2v) is 8.98. The minimum Gasteiger partial charge on any atom is -0.355 e. The highest BCUT2D eigenvalue weighted by molar-refractivity contribution is 14.0. The lowest BCUT2D eigenvalue weighted by Crippen LogP contribution is -2.42. The molecule has 0 saturated heterocycles. The maximum atomic E-state index is 12.1. The first-order valence-electron chi connectivity index (χ1n) is 7.63. The largest absolute Gasteiger partial charge is 0.355 e. The van der Waals surface area contributed by atoms with Crippen molar-refractivity contribution < 1.29 is 8.42 Å². The molecule has 1 heterocycles. The van der Waals surface area contributed by atoms with E-state index in [0.717, 1.165) is 11.3 Å². The Kier molecular flexibility index (Phi) is 9.86. The van der Waals surface area contributed by atoms with Crippen LogP contribution < -0.4 is 10.0 Å². The number of hydrogen-bond donors (Lipinski definition) is 2. The second-order valence-electron chi connectivity index (χ2n) is 5.27. The van der Waals surface area contributed by atoms with Crippen molar-refractivity contribution in [3.63, 3.8) is 0 Å². The number of sulfonamides is 1. The third-order valence-electron chi connectivity index (χ3n) is 3.35. The first-order chi connectivity index (χ1) is 11.9. The molecular weight excluding hydrogens is 507 g/mol. The van der Waals surface area contributed by atoms with Crippen molar-refractivity contribution in [2.45, 2.75) is 10.8 Å². The molecule has 144 valence electrons. The van der Waals surface area contributed by atoms with Crippen LogP contribution in [0, 0.1) is 0 Å². The predicted molar refractivity (Wildman–Crippen MR) is 119 cm³/mol. The number of hydrogen-bond acceptors (Lipinski definition) is 4. The van der Waals surface area contributed by atoms with Crippen LogP contribution in [-0.4, -0.2) is 46.5 Å². The van der Waals surface area contributed by atoms with E-state index in [1.165, 1.54) is 11.6 Å². The molecule has 26 heavy (non-hydrogen) atoms. The normalized spacial score (nSPS) is 11.7. The average Bonchev–Trinajstić information content (AvgIpc) is 3.03. The van der Waals surface area contributed by atoms with Gasteiger partial charge in [-0.05, 0) is 17.7 Å². The first kappa shape index (κ1) is 23.2. The number of nitrogens with one attached hydrogen (secondary N) is 2. The molecular formula is C16H22ClIN4O2S2. The first-order valence-corrected chi connectivity index (χ1v) is 10.3. The molecule has 2 N–H and O–H groups in total. The predicted octanol–water partition coefficient (Wildman–Crippen LogP) is 3.01. The number of benzene rings is 1. The summed E-state index contributed by atoms with van der Waals surface area (Å²) in [5, 5.41) is 3.15. The molecule has 6 nitrogen and oxygen atoms in total. The van der Waals surface area contributed by atoms with Gasteiger partial charge in [-0.1, -0.05) is 41.9 Å². The fourth-order valence-electron chi connectivity index (χ4n) is 2.19. The fraction of sp³-hybridized carbons (Fsp3) is 0.312. The smallest absolute Gasteiger partial charge is 0.250 e. The van der Waals surface area contributed by atoms with Gasteiger partial charge < -0.3 is 10.2 Å². The van der Waals surface area contributed by atoms with Gasteiger partial charge in [-0.15, -0.1) is 35.3 Å². The van der Waals surface area contributed by atoms with E-state index in [4.69, 9.17) is 11.6 Å². The summed E-state index contributed by atoms with van der Waals surface area (Å²) in [5.74, 6) is 0.696. The minimum atomic E-state index is -3.52. The van der Waals surface area contributed by atoms with E-state index in [0.29, 0.717) is 23.4 Å². The van der Waals surface area contributed by atoms with Crippen molar-refractivity contribution in [2.24, 2.45) is 4.99 Å². The van der Waals surface area contributed by atoms with Crippen LogP contribution in [0.15, 0.2) is 51.7 Å². The highest BCUT2D eigenvalue weighted by atomic mass is 127. The van der Waals surface area contributed by atoms with Crippen LogP contribution in [0.1, 0.15) is 5.56 Å². The Balaban J connectivity index is 0.00000338. The van der Waals surface area contributed by atoms with Gasteiger partial charge in [0, 0.05) is 33.7 Å². The Morgan fingerprint density at radius 1 is 1.19 bits per heavy atom. The number of halogens is 2. The summed E-state index contributed by atoms with van der Waals surface area (Å²) >= 11 is 6.81. The van der Waals surface area contributed by atoms with Crippen molar-refractivity contribution in [1.29, 1.82) is 0 Å². The van der Waals surface area contributed by atoms with Crippen molar-refractivity contribution >= 4 is 62.9 Å². The third kappa shape index (κ3) is 7.03. The molecule has 0 amide bonds. The zero-order valence-electron chi connectivity index (χ0n) is 14.5. The van der Waals surface area contributed by atoms with Crippen molar-refractivity contribution in [1.82, 2.24) is 14.9 Å². The molecule has 0 aliphatic rings. The summed E-state index contributed by atoms with van der Waals surface area (Å²) in [6.07, 6.45) is 0. The molecule has 0 atom stereocenters. The lowest BCUT2D eigenvalue weighted by atomic mass is 10.2. The van der Waals surface area contributed by atoms with E-state index in [1.54, 1.807) is 13.1 Å². The molecule has 0 bridgehead atoms. The standard InChI is InChI=1S/C16H21ClN4O2S2.HI/c1-18-16(21(2)12-13-6-4-3-5-7-13)19-10-11-20-25(22,23)15-9-8-14(17)24-15;/h3-9,20H,10-12H2,1-2H3,(H,18,19);1H. The van der Waals surface area contributed by atoms with E-state index >= 15 is 0 Å². The lowest BCUT2D eigenvalue weighted by Gasteiger charge is -2.22. The molecule has 0 aliphatic heterocycles. The fourth-order valence-corrected chi connectivity index (χ4v) is 4.75. The Hall–Kier alpha value is -0.880. The Bertz CT molecular complexity index is 813. The van der Waals surface area contributed by atoms with Crippen LogP contribution in [0.3, 0.4) is 0 Å². The molecule has 0 spiro atoms. The zero-order valence-corrected chi connectivity index (χ0v) is 19.2. The van der Waals surface area contributed by atoms with Gasteiger partial charge in [-0.25, -0.2) is 13.1 Å². The zero-order chi connectivity index (χ0) is 18.3. The van der Waals surface area contributed by atoms with Gasteiger partial charge in [0.15, 0.2) is 5.96 Å². The Morgan fingerprint density at radius 2 is 1.88 bits per heavy atom. The van der Waals surface area contributed by atoms with Crippen LogP contribution in [0.4, 0.5) is 0 Å². The maximum absolute atomic E-state index is 12.1. The van der Waals surface area contributed by atoms with Crippen LogP contribution in [0.2, 0.25) is 4.34 Å². The van der Waals surface area contributed by atoms with E-state index in [2.05, 4.69) is 15.0 Å². The van der Waals surface area contributed by atoms with E-state index in [1.807, 2.05) is 42.3 Å². The molecule has 10 heteroatoms. The molecule has 0 saturated carbocycles. The molecule has 0 radical (unpaired) electrons. The second kappa shape index (κ2) is 11.1. The molecule has 2 aromatic rings. The van der Waals surface area contributed by atoms with Gasteiger partial charge in [0.05, 0.1) is 4.34 Å². The van der Waals surface area contributed by atoms with Crippen molar-refractivity contribution in [3.8, 4) is 0 Å². The summed E-state index contributed by atoms with van der Waals surface area (Å²) in [6.45, 7) is 1.38. The van der Waals surface area contributed by atoms with Gasteiger partial charge in [0.2, 0.25) is 10.0 Å². The minimum absolute atomic E-state index is 0. The number of thiophene rings is 1. The Labute approximate surface area is 180 Å². The SMILES string of the molecule is CN=C(NCCNS(=O)(=O)c1ccc(Cl)s1)N(C)Cc1ccccc1.I. The van der Waals surface area contributed by atoms with E-state index in [-0.39, 0.29) is 34.7 Å². The summed E-state index contributed by atoms with van der Waals surface area (Å²) in [4.78, 5) is 6.19. The van der Waals surface area contributed by atoms with Gasteiger partial charge in [-0.3, -0.25) is 4.99 Å². The summed E-state index contributed by atoms with van der Waals surface area (Å²) in [5.41, 5.74) is 1.17. The van der Waals surface area contributed by atoms with Crippen molar-refractivity contribution in [3.05, 3.63) is 52.4 Å². The van der Waals surface area contributed by atoms with Crippen LogP contribution >= 0.6 is 46.9 Å². The average molecular weight is 529 g/mol. The Morgan fingerprint density at radius 3 is 2.46 bits per heavy atom. The molecule has 1 aromatic heterocycles. The molecule has 0 aliphatic carbocycles. The van der Waals surface area contributed by atoms with Crippen LogP contribution in [0.5, 0.6) is 0 Å². The van der Waals surface area contributed by atoms with Crippen molar-refractivity contribution in [2.75, 3.05) is 27.2 Å². The number of nitrogens with zero attached hydrogens (tertiary/aromatic N) is 2. The monoisotopic (exact) mass is 528 g/mol. The third-order valence-corrected chi connectivity index (χ3v) is 6.53. The highest BCUT2D eigenvalue weighted by Gasteiger charge is 2.16. The van der Waals surface area contributed by atoms with Crippen LogP contribution in [-0.2, 0) is 16.6 Å². The molecule has 2 rings (SSSR count). The topological polar surface area (TPSA) is 73.8 Å². The summed E-state index contributed by atoms with van der Waals surface area (Å²) in [6, 6.07) is 13.1. The quantitative estimate of drug-likeness (QED) is 0.251. The number of rotatable bonds is 7. The van der Waals surface area contributed by atoms with E-state index in [9.17, 15) is 8.42 Å². The van der Waals surface area contributed by atoms with Gasteiger partial charge in [-0.2, -0.15) is 0 Å². The van der Waals surface area contributed by atoms with Crippen LogP contribution in [0.25, 0.3) is 0 Å². The number of guanidine groups is 1. The lowest BCUT2D eigenvalue weighted by molar-refractivity contribution is 0.477. The summed E-state index contributed by atoms with van der Waals surface area (Å²) in [7, 11) is 0.104. The molecule has 0 unspecified atom stereocenters.